The molecule has 18 nitrogen and oxygen atoms in total. The third kappa shape index (κ3) is 12.2. The van der Waals surface area contributed by atoms with Crippen LogP contribution in [0.15, 0.2) is 48.7 Å². The molecule has 2 aliphatic rings. The molecule has 2 aromatic carbocycles. The predicted molar refractivity (Wildman–Crippen MR) is 239 cm³/mol. The zero-order chi connectivity index (χ0) is 45.8. The maximum absolute atomic E-state index is 13.2. The third-order valence-corrected chi connectivity index (χ3v) is 10.6. The summed E-state index contributed by atoms with van der Waals surface area (Å²) in [7, 11) is 3.14. The van der Waals surface area contributed by atoms with E-state index in [0.29, 0.717) is 71.7 Å². The van der Waals surface area contributed by atoms with Gasteiger partial charge in [0.15, 0.2) is 5.65 Å². The van der Waals surface area contributed by atoms with Gasteiger partial charge in [-0.3, -0.25) is 39.5 Å². The number of hydrogen-bond donors (Lipinski definition) is 5. The van der Waals surface area contributed by atoms with Gasteiger partial charge in [-0.05, 0) is 88.8 Å². The van der Waals surface area contributed by atoms with Crippen molar-refractivity contribution in [1.29, 1.82) is 0 Å². The van der Waals surface area contributed by atoms with Gasteiger partial charge in [0.2, 0.25) is 23.7 Å². The van der Waals surface area contributed by atoms with E-state index in [2.05, 4.69) is 36.6 Å². The Labute approximate surface area is 372 Å². The monoisotopic (exact) mass is 879 g/mol. The second-order valence-corrected chi connectivity index (χ2v) is 16.8. The molecule has 18 heteroatoms. The van der Waals surface area contributed by atoms with Gasteiger partial charge in [-0.2, -0.15) is 4.98 Å². The standard InChI is InChI=1S/C46H57N9O9/c1-46(2,3)54-45(61)53-40-33(28-23-30(62-4)26-31(24-28)63-5)25-29-27-49-44(52-39(29)51-40)48-21-12-11-20-47-36(56)17-10-8-6-7-9-13-22-64-35-16-14-15-32-38(35)43(60)55(42(32)59)34-18-19-37(57)50-41(34)58/h14-16,23-27,34H,6-13,17-22H2,1-5H3,(H,47,56)(H,50,57,58)(H3,48,49,51,52,53,54,61). The van der Waals surface area contributed by atoms with Gasteiger partial charge < -0.3 is 30.2 Å². The number of anilines is 2. The Hall–Kier alpha value is -6.85. The van der Waals surface area contributed by atoms with E-state index in [-0.39, 0.29) is 29.9 Å². The number of imide groups is 2. The van der Waals surface area contributed by atoms with Gasteiger partial charge in [0.25, 0.3) is 11.8 Å². The Balaban J connectivity index is 0.865. The fourth-order valence-corrected chi connectivity index (χ4v) is 7.45. The Morgan fingerprint density at radius 2 is 1.56 bits per heavy atom. The SMILES string of the molecule is COc1cc(OC)cc(-c2cc3cnc(NCCCCNC(=O)CCCCCCCCOc4cccc5c4C(=O)N(C4CCC(=O)NC4=O)C5=O)nc3nc2NC(=O)NC(C)(C)C)c1. The van der Waals surface area contributed by atoms with Crippen molar-refractivity contribution in [2.45, 2.75) is 103 Å². The van der Waals surface area contributed by atoms with Gasteiger partial charge in [0.05, 0.1) is 32.0 Å². The Morgan fingerprint density at radius 1 is 0.844 bits per heavy atom. The number of piperidine rings is 1. The number of urea groups is 1. The van der Waals surface area contributed by atoms with E-state index in [1.54, 1.807) is 44.7 Å². The van der Waals surface area contributed by atoms with Crippen LogP contribution < -0.4 is 40.8 Å². The molecule has 7 amide bonds. The summed E-state index contributed by atoms with van der Waals surface area (Å²) < 4.78 is 16.9. The largest absolute Gasteiger partial charge is 0.497 e. The maximum Gasteiger partial charge on any atom is 0.320 e. The number of amides is 7. The summed E-state index contributed by atoms with van der Waals surface area (Å²) in [6.45, 7) is 7.18. The van der Waals surface area contributed by atoms with E-state index in [4.69, 9.17) is 19.2 Å². The van der Waals surface area contributed by atoms with Gasteiger partial charge in [-0.1, -0.05) is 31.7 Å². The number of carbonyl (C=O) groups excluding carboxylic acids is 6. The van der Waals surface area contributed by atoms with E-state index >= 15 is 0 Å². The Morgan fingerprint density at radius 3 is 2.28 bits per heavy atom. The highest BCUT2D eigenvalue weighted by Gasteiger charge is 2.46. The number of hydrogen-bond acceptors (Lipinski definition) is 13. The van der Waals surface area contributed by atoms with E-state index in [0.717, 1.165) is 61.8 Å². The van der Waals surface area contributed by atoms with Crippen LogP contribution in [0.4, 0.5) is 16.6 Å². The van der Waals surface area contributed by atoms with Crippen LogP contribution in [0.25, 0.3) is 22.2 Å². The number of carbonyl (C=O) groups is 6. The maximum atomic E-state index is 13.2. The molecule has 1 atom stereocenters. The van der Waals surface area contributed by atoms with Crippen LogP contribution in [-0.2, 0) is 14.4 Å². The molecule has 340 valence electrons. The van der Waals surface area contributed by atoms with Gasteiger partial charge in [0.1, 0.15) is 29.1 Å². The molecule has 2 aromatic heterocycles. The molecule has 64 heavy (non-hydrogen) atoms. The normalized spacial score (nSPS) is 14.8. The molecule has 0 radical (unpaired) electrons. The van der Waals surface area contributed by atoms with Crippen molar-refractivity contribution in [3.63, 3.8) is 0 Å². The van der Waals surface area contributed by atoms with Crippen molar-refractivity contribution in [2.75, 3.05) is 44.5 Å². The fraction of sp³-hybridized carbons (Fsp3) is 0.457. The number of ether oxygens (including phenoxy) is 3. The van der Waals surface area contributed by atoms with Gasteiger partial charge in [0, 0.05) is 54.7 Å². The number of nitrogens with zero attached hydrogens (tertiary/aromatic N) is 4. The lowest BCUT2D eigenvalue weighted by Gasteiger charge is -2.27. The summed E-state index contributed by atoms with van der Waals surface area (Å²) in [5.74, 6) is -0.0253. The first-order valence-corrected chi connectivity index (χ1v) is 21.7. The fourth-order valence-electron chi connectivity index (χ4n) is 7.45. The minimum atomic E-state index is -1.03. The smallest absolute Gasteiger partial charge is 0.320 e. The summed E-state index contributed by atoms with van der Waals surface area (Å²) in [5, 5.41) is 14.9. The topological polar surface area (TPSA) is 232 Å². The lowest BCUT2D eigenvalue weighted by molar-refractivity contribution is -0.136. The van der Waals surface area contributed by atoms with Crippen LogP contribution in [0.2, 0.25) is 0 Å². The number of fused-ring (bicyclic) bond motifs is 2. The van der Waals surface area contributed by atoms with Crippen LogP contribution in [0.5, 0.6) is 17.2 Å². The molecular formula is C46H57N9O9. The van der Waals surface area contributed by atoms with Crippen molar-refractivity contribution >= 4 is 58.4 Å². The van der Waals surface area contributed by atoms with E-state index < -0.39 is 41.2 Å². The minimum Gasteiger partial charge on any atom is -0.497 e. The number of pyridine rings is 1. The average molecular weight is 880 g/mol. The number of nitrogens with one attached hydrogen (secondary N) is 5. The molecule has 1 unspecified atom stereocenters. The summed E-state index contributed by atoms with van der Waals surface area (Å²) in [6, 6.07) is 10.7. The van der Waals surface area contributed by atoms with Gasteiger partial charge in [-0.15, -0.1) is 0 Å². The van der Waals surface area contributed by atoms with Gasteiger partial charge >= 0.3 is 6.03 Å². The van der Waals surface area contributed by atoms with Crippen molar-refractivity contribution in [3.8, 4) is 28.4 Å². The number of methoxy groups -OCH3 is 2. The minimum absolute atomic E-state index is 0.0252. The van der Waals surface area contributed by atoms with Crippen LogP contribution in [0, 0.1) is 0 Å². The molecule has 4 heterocycles. The van der Waals surface area contributed by atoms with Crippen molar-refractivity contribution in [2.24, 2.45) is 0 Å². The highest BCUT2D eigenvalue weighted by atomic mass is 16.5. The van der Waals surface area contributed by atoms with Crippen LogP contribution in [-0.4, -0.2) is 101 Å². The second-order valence-electron chi connectivity index (χ2n) is 16.8. The van der Waals surface area contributed by atoms with Crippen LogP contribution in [0.3, 0.4) is 0 Å². The summed E-state index contributed by atoms with van der Waals surface area (Å²) in [6.07, 6.45) is 9.15. The van der Waals surface area contributed by atoms with Crippen LogP contribution >= 0.6 is 0 Å². The molecule has 0 aliphatic carbocycles. The van der Waals surface area contributed by atoms with E-state index in [1.807, 2.05) is 39.0 Å². The molecule has 1 saturated heterocycles. The summed E-state index contributed by atoms with van der Waals surface area (Å²) >= 11 is 0. The molecule has 1 fully saturated rings. The summed E-state index contributed by atoms with van der Waals surface area (Å²) in [5.41, 5.74) is 1.63. The number of benzene rings is 2. The number of aromatic nitrogens is 3. The molecule has 5 N–H and O–H groups in total. The lowest BCUT2D eigenvalue weighted by atomic mass is 10.0. The average Bonchev–Trinajstić information content (AvgIpc) is 3.51. The molecular weight excluding hydrogens is 823 g/mol. The lowest BCUT2D eigenvalue weighted by Crippen LogP contribution is -2.54. The zero-order valence-corrected chi connectivity index (χ0v) is 37.1. The second kappa shape index (κ2) is 21.5. The highest BCUT2D eigenvalue weighted by molar-refractivity contribution is 6.24. The van der Waals surface area contributed by atoms with Crippen molar-refractivity contribution in [3.05, 3.63) is 59.8 Å². The van der Waals surface area contributed by atoms with Crippen LogP contribution in [0.1, 0.15) is 112 Å². The number of rotatable bonds is 21. The molecule has 0 saturated carbocycles. The highest BCUT2D eigenvalue weighted by Crippen LogP contribution is 2.36. The van der Waals surface area contributed by atoms with Crippen molar-refractivity contribution in [1.82, 2.24) is 35.8 Å². The van der Waals surface area contributed by atoms with E-state index in [1.165, 1.54) is 0 Å². The Bertz CT molecular complexity index is 2360. The Kier molecular flexibility index (Phi) is 15.7. The molecule has 4 aromatic rings. The van der Waals surface area contributed by atoms with Crippen molar-refractivity contribution < 1.29 is 43.0 Å². The zero-order valence-electron chi connectivity index (χ0n) is 37.1. The molecule has 2 aliphatic heterocycles. The third-order valence-electron chi connectivity index (χ3n) is 10.6. The van der Waals surface area contributed by atoms with Gasteiger partial charge in [-0.25, -0.2) is 14.8 Å². The molecule has 0 spiro atoms. The predicted octanol–water partition coefficient (Wildman–Crippen LogP) is 6.15. The first-order valence-electron chi connectivity index (χ1n) is 21.7. The first kappa shape index (κ1) is 46.6. The first-order chi connectivity index (χ1) is 30.7. The van der Waals surface area contributed by atoms with E-state index in [9.17, 15) is 28.8 Å². The molecule has 6 rings (SSSR count). The molecule has 0 bridgehead atoms. The summed E-state index contributed by atoms with van der Waals surface area (Å²) in [4.78, 5) is 90.4. The number of unbranched alkanes of at least 4 members (excludes halogenated alkanes) is 6. The quantitative estimate of drug-likeness (QED) is 0.0468.